The van der Waals surface area contributed by atoms with E-state index in [1.807, 2.05) is 25.1 Å². The molecule has 0 amide bonds. The lowest BCUT2D eigenvalue weighted by molar-refractivity contribution is -0.137. The molecule has 0 atom stereocenters. The minimum Gasteiger partial charge on any atom is -0.310 e. The molecule has 0 saturated carbocycles. The van der Waals surface area contributed by atoms with Gasteiger partial charge in [0.05, 0.1) is 18.1 Å². The molecular formula is C21H16F3N5S. The second-order valence-electron chi connectivity index (χ2n) is 6.68. The van der Waals surface area contributed by atoms with Gasteiger partial charge in [-0.05, 0) is 28.8 Å². The predicted octanol–water partition coefficient (Wildman–Crippen LogP) is 5.38. The maximum Gasteiger partial charge on any atom is 0.417 e. The summed E-state index contributed by atoms with van der Waals surface area (Å²) in [7, 11) is 1.72. The average Bonchev–Trinajstić information content (AvgIpc) is 3.04. The van der Waals surface area contributed by atoms with Gasteiger partial charge in [0.1, 0.15) is 11.2 Å². The summed E-state index contributed by atoms with van der Waals surface area (Å²) in [5.41, 5.74) is 1.19. The van der Waals surface area contributed by atoms with Gasteiger partial charge in [-0.3, -0.25) is 4.98 Å². The first-order chi connectivity index (χ1) is 14.3. The molecule has 4 aromatic rings. The van der Waals surface area contributed by atoms with Crippen molar-refractivity contribution in [3.05, 3.63) is 47.8 Å². The Kier molecular flexibility index (Phi) is 5.12. The third-order valence-corrected chi connectivity index (χ3v) is 5.72. The Bertz CT molecular complexity index is 1300. The fourth-order valence-electron chi connectivity index (χ4n) is 3.34. The summed E-state index contributed by atoms with van der Waals surface area (Å²) in [6.07, 6.45) is -1.64. The number of fused-ring (bicyclic) bond motifs is 2. The first-order valence-corrected chi connectivity index (χ1v) is 10.1. The van der Waals surface area contributed by atoms with Crippen LogP contribution in [-0.4, -0.2) is 25.3 Å². The molecule has 0 N–H and O–H groups in total. The number of imidazole rings is 1. The van der Waals surface area contributed by atoms with E-state index in [0.717, 1.165) is 39.2 Å². The molecule has 0 bridgehead atoms. The van der Waals surface area contributed by atoms with E-state index in [1.165, 1.54) is 0 Å². The summed E-state index contributed by atoms with van der Waals surface area (Å²) in [5.74, 6) is 1.24. The first-order valence-electron chi connectivity index (χ1n) is 9.15. The largest absolute Gasteiger partial charge is 0.417 e. The number of hydrogen-bond acceptors (Lipinski definition) is 5. The van der Waals surface area contributed by atoms with Gasteiger partial charge in [0.15, 0.2) is 11.5 Å². The number of aryl methyl sites for hydroxylation is 1. The Morgan fingerprint density at radius 2 is 1.97 bits per heavy atom. The summed E-state index contributed by atoms with van der Waals surface area (Å²) in [6, 6.07) is 8.93. The zero-order valence-corrected chi connectivity index (χ0v) is 17.0. The fourth-order valence-corrected chi connectivity index (χ4v) is 4.25. The van der Waals surface area contributed by atoms with E-state index in [4.69, 9.17) is 5.26 Å². The molecule has 0 radical (unpaired) electrons. The quantitative estimate of drug-likeness (QED) is 0.409. The van der Waals surface area contributed by atoms with Gasteiger partial charge in [-0.15, -0.1) is 11.8 Å². The lowest BCUT2D eigenvalue weighted by Gasteiger charge is -2.12. The Hall–Kier alpha value is -3.12. The smallest absolute Gasteiger partial charge is 0.310 e. The van der Waals surface area contributed by atoms with Crippen molar-refractivity contribution < 1.29 is 13.2 Å². The standard InChI is InChI=1S/C21H16F3N5S/c1-3-30-18-15-5-4-12(6-7-25)8-13(15)10-26-17(18)20-28-16-9-14(21(22,23)24)11-27-19(16)29(20)2/h4-5,8-11H,3,6H2,1-2H3. The van der Waals surface area contributed by atoms with Crippen molar-refractivity contribution in [1.82, 2.24) is 19.5 Å². The minimum absolute atomic E-state index is 0.168. The van der Waals surface area contributed by atoms with Crippen LogP contribution in [0, 0.1) is 11.3 Å². The van der Waals surface area contributed by atoms with Gasteiger partial charge in [0.25, 0.3) is 0 Å². The van der Waals surface area contributed by atoms with Crippen molar-refractivity contribution in [3.63, 3.8) is 0 Å². The number of thioether (sulfide) groups is 1. The SMILES string of the molecule is CCSc1c(-c2nc3cc(C(F)(F)F)cnc3n2C)ncc2cc(CC#N)ccc12. The van der Waals surface area contributed by atoms with Gasteiger partial charge >= 0.3 is 6.18 Å². The van der Waals surface area contributed by atoms with Crippen molar-refractivity contribution in [3.8, 4) is 17.6 Å². The van der Waals surface area contributed by atoms with Crippen LogP contribution in [-0.2, 0) is 19.6 Å². The maximum atomic E-state index is 13.1. The number of benzene rings is 1. The normalized spacial score (nSPS) is 11.9. The van der Waals surface area contributed by atoms with Crippen LogP contribution in [0.2, 0.25) is 0 Å². The van der Waals surface area contributed by atoms with Crippen LogP contribution in [0.25, 0.3) is 33.5 Å². The minimum atomic E-state index is -4.48. The summed E-state index contributed by atoms with van der Waals surface area (Å²) < 4.78 is 40.8. The Morgan fingerprint density at radius 1 is 1.17 bits per heavy atom. The average molecular weight is 427 g/mol. The van der Waals surface area contributed by atoms with Gasteiger partial charge < -0.3 is 4.57 Å². The van der Waals surface area contributed by atoms with Crippen LogP contribution in [0.4, 0.5) is 13.2 Å². The molecule has 0 aliphatic heterocycles. The van der Waals surface area contributed by atoms with Gasteiger partial charge in [-0.25, -0.2) is 9.97 Å². The van der Waals surface area contributed by atoms with Crippen LogP contribution in [0.3, 0.4) is 0 Å². The predicted molar refractivity (Wildman–Crippen MR) is 110 cm³/mol. The van der Waals surface area contributed by atoms with Crippen molar-refractivity contribution in [1.29, 1.82) is 5.26 Å². The summed E-state index contributed by atoms with van der Waals surface area (Å²) in [5, 5.41) is 10.8. The lowest BCUT2D eigenvalue weighted by Crippen LogP contribution is -2.05. The summed E-state index contributed by atoms with van der Waals surface area (Å²) >= 11 is 1.59. The highest BCUT2D eigenvalue weighted by Gasteiger charge is 2.32. The fraction of sp³-hybridized carbons (Fsp3) is 0.238. The number of nitrogens with zero attached hydrogens (tertiary/aromatic N) is 5. The van der Waals surface area contributed by atoms with Gasteiger partial charge in [-0.2, -0.15) is 18.4 Å². The second kappa shape index (κ2) is 7.61. The highest BCUT2D eigenvalue weighted by atomic mass is 32.2. The molecule has 4 rings (SSSR count). The third kappa shape index (κ3) is 3.48. The number of nitriles is 1. The van der Waals surface area contributed by atoms with Crippen LogP contribution in [0.15, 0.2) is 41.6 Å². The highest BCUT2D eigenvalue weighted by molar-refractivity contribution is 7.99. The zero-order chi connectivity index (χ0) is 21.5. The second-order valence-corrected chi connectivity index (χ2v) is 7.96. The third-order valence-electron chi connectivity index (χ3n) is 4.73. The van der Waals surface area contributed by atoms with Crippen LogP contribution in [0.1, 0.15) is 18.1 Å². The van der Waals surface area contributed by atoms with E-state index in [2.05, 4.69) is 21.0 Å². The molecule has 152 valence electrons. The number of rotatable bonds is 4. The zero-order valence-electron chi connectivity index (χ0n) is 16.2. The van der Waals surface area contributed by atoms with Crippen molar-refractivity contribution in [2.24, 2.45) is 7.05 Å². The van der Waals surface area contributed by atoms with E-state index >= 15 is 0 Å². The molecule has 1 aromatic carbocycles. The molecule has 0 spiro atoms. The van der Waals surface area contributed by atoms with E-state index in [0.29, 0.717) is 23.6 Å². The molecule has 30 heavy (non-hydrogen) atoms. The molecule has 5 nitrogen and oxygen atoms in total. The molecule has 9 heteroatoms. The lowest BCUT2D eigenvalue weighted by atomic mass is 10.1. The molecule has 0 saturated heterocycles. The molecule has 3 aromatic heterocycles. The van der Waals surface area contributed by atoms with Gasteiger partial charge in [0, 0.05) is 29.7 Å². The van der Waals surface area contributed by atoms with E-state index < -0.39 is 11.7 Å². The van der Waals surface area contributed by atoms with E-state index in [1.54, 1.807) is 29.6 Å². The molecule has 0 aliphatic carbocycles. The highest BCUT2D eigenvalue weighted by Crippen LogP contribution is 2.37. The van der Waals surface area contributed by atoms with Crippen LogP contribution < -0.4 is 0 Å². The maximum absolute atomic E-state index is 13.1. The topological polar surface area (TPSA) is 67.4 Å². The van der Waals surface area contributed by atoms with E-state index in [9.17, 15) is 13.2 Å². The van der Waals surface area contributed by atoms with Crippen molar-refractivity contribution in [2.45, 2.75) is 24.4 Å². The number of alkyl halides is 3. The summed E-state index contributed by atoms with van der Waals surface area (Å²) in [4.78, 5) is 13.9. The number of hydrogen-bond donors (Lipinski definition) is 0. The van der Waals surface area contributed by atoms with Crippen molar-refractivity contribution >= 4 is 33.7 Å². The number of halogens is 3. The monoisotopic (exact) mass is 427 g/mol. The van der Waals surface area contributed by atoms with E-state index in [-0.39, 0.29) is 5.52 Å². The molecule has 0 unspecified atom stereocenters. The molecule has 0 aliphatic rings. The van der Waals surface area contributed by atoms with Crippen LogP contribution >= 0.6 is 11.8 Å². The van der Waals surface area contributed by atoms with Gasteiger partial charge in [-0.1, -0.05) is 19.1 Å². The number of aromatic nitrogens is 4. The molecule has 3 heterocycles. The first kappa shape index (κ1) is 20.2. The molecule has 0 fully saturated rings. The Balaban J connectivity index is 1.92. The molecular weight excluding hydrogens is 411 g/mol. The number of pyridine rings is 2. The van der Waals surface area contributed by atoms with Crippen molar-refractivity contribution in [2.75, 3.05) is 5.75 Å². The van der Waals surface area contributed by atoms with Crippen LogP contribution in [0.5, 0.6) is 0 Å². The Morgan fingerprint density at radius 3 is 2.67 bits per heavy atom. The summed E-state index contributed by atoms with van der Waals surface area (Å²) in [6.45, 7) is 2.02. The van der Waals surface area contributed by atoms with Gasteiger partial charge in [0.2, 0.25) is 0 Å². The Labute approximate surface area is 174 Å².